The van der Waals surface area contributed by atoms with E-state index in [1.54, 1.807) is 0 Å². The van der Waals surface area contributed by atoms with Crippen molar-refractivity contribution in [1.29, 1.82) is 0 Å². The summed E-state index contributed by atoms with van der Waals surface area (Å²) in [5.41, 5.74) is 0. The molecule has 2 heterocycles. The van der Waals surface area contributed by atoms with Gasteiger partial charge >= 0.3 is 0 Å². The molecule has 1 fully saturated rings. The number of benzene rings is 1. The smallest absolute Gasteiger partial charge is 0.248 e. The van der Waals surface area contributed by atoms with E-state index in [1.807, 2.05) is 46.6 Å². The zero-order valence-electron chi connectivity index (χ0n) is 15.0. The molecule has 0 spiro atoms. The summed E-state index contributed by atoms with van der Waals surface area (Å²) in [6.07, 6.45) is 1.09. The standard InChI is InChI=1S/C20H26N2O3S/c23-20(17-24-14-15-25-18-5-2-1-3-6-18)22-12-10-21(11-13-22)9-8-19-7-4-16-26-19/h1-7,16H,8-15,17H2. The summed E-state index contributed by atoms with van der Waals surface area (Å²) < 4.78 is 11.0. The molecule has 140 valence electrons. The second-order valence-electron chi connectivity index (χ2n) is 6.27. The SMILES string of the molecule is O=C(COCCOc1ccccc1)N1CCN(CCc2cccs2)CC1. The van der Waals surface area contributed by atoms with E-state index in [2.05, 4.69) is 22.4 Å². The molecule has 1 saturated heterocycles. The van der Waals surface area contributed by atoms with Gasteiger partial charge in [0.2, 0.25) is 5.91 Å². The average molecular weight is 375 g/mol. The Kier molecular flexibility index (Phi) is 7.49. The topological polar surface area (TPSA) is 42.0 Å². The Morgan fingerprint density at radius 1 is 1.00 bits per heavy atom. The van der Waals surface area contributed by atoms with Gasteiger partial charge in [0.1, 0.15) is 19.0 Å². The van der Waals surface area contributed by atoms with Crippen LogP contribution in [0.3, 0.4) is 0 Å². The van der Waals surface area contributed by atoms with Crippen LogP contribution in [0, 0.1) is 0 Å². The highest BCUT2D eigenvalue weighted by atomic mass is 32.1. The highest BCUT2D eigenvalue weighted by Crippen LogP contribution is 2.11. The number of nitrogens with zero attached hydrogens (tertiary/aromatic N) is 2. The largest absolute Gasteiger partial charge is 0.491 e. The number of hydrogen-bond donors (Lipinski definition) is 0. The molecule has 0 saturated carbocycles. The molecule has 1 amide bonds. The predicted molar refractivity (Wildman–Crippen MR) is 104 cm³/mol. The number of hydrogen-bond acceptors (Lipinski definition) is 5. The van der Waals surface area contributed by atoms with Crippen molar-refractivity contribution in [3.05, 3.63) is 52.7 Å². The van der Waals surface area contributed by atoms with Crippen molar-refractivity contribution in [2.45, 2.75) is 6.42 Å². The highest BCUT2D eigenvalue weighted by molar-refractivity contribution is 7.09. The maximum absolute atomic E-state index is 12.2. The van der Waals surface area contributed by atoms with Crippen LogP contribution in [0.2, 0.25) is 0 Å². The third-order valence-electron chi connectivity index (χ3n) is 4.44. The fraction of sp³-hybridized carbons (Fsp3) is 0.450. The highest BCUT2D eigenvalue weighted by Gasteiger charge is 2.20. The minimum atomic E-state index is 0.0719. The van der Waals surface area contributed by atoms with Gasteiger partial charge in [0.15, 0.2) is 0 Å². The lowest BCUT2D eigenvalue weighted by Crippen LogP contribution is -2.50. The Morgan fingerprint density at radius 2 is 1.81 bits per heavy atom. The molecule has 0 N–H and O–H groups in total. The third kappa shape index (κ3) is 6.12. The molecule has 0 radical (unpaired) electrons. The Hall–Kier alpha value is -1.89. The van der Waals surface area contributed by atoms with E-state index in [4.69, 9.17) is 9.47 Å². The first-order valence-electron chi connectivity index (χ1n) is 9.09. The van der Waals surface area contributed by atoms with Crippen LogP contribution in [0.15, 0.2) is 47.8 Å². The lowest BCUT2D eigenvalue weighted by atomic mass is 10.2. The van der Waals surface area contributed by atoms with Crippen LogP contribution in [-0.2, 0) is 16.0 Å². The normalized spacial score (nSPS) is 15.2. The number of carbonyl (C=O) groups is 1. The molecule has 26 heavy (non-hydrogen) atoms. The lowest BCUT2D eigenvalue weighted by Gasteiger charge is -2.34. The second kappa shape index (κ2) is 10.3. The summed E-state index contributed by atoms with van der Waals surface area (Å²) in [6.45, 7) is 5.52. The van der Waals surface area contributed by atoms with Gasteiger partial charge in [-0.25, -0.2) is 0 Å². The summed E-state index contributed by atoms with van der Waals surface area (Å²) in [4.78, 5) is 18.0. The Morgan fingerprint density at radius 3 is 2.54 bits per heavy atom. The molecule has 5 nitrogen and oxygen atoms in total. The Balaban J connectivity index is 1.25. The maximum atomic E-state index is 12.2. The van der Waals surface area contributed by atoms with Crippen LogP contribution < -0.4 is 4.74 Å². The van der Waals surface area contributed by atoms with Crippen molar-refractivity contribution in [3.8, 4) is 5.75 Å². The number of ether oxygens (including phenoxy) is 2. The molecular weight excluding hydrogens is 348 g/mol. The second-order valence-corrected chi connectivity index (χ2v) is 7.30. The molecule has 1 aliphatic heterocycles. The van der Waals surface area contributed by atoms with Crippen molar-refractivity contribution in [3.63, 3.8) is 0 Å². The summed E-state index contributed by atoms with van der Waals surface area (Å²) in [5, 5.41) is 2.12. The summed E-state index contributed by atoms with van der Waals surface area (Å²) >= 11 is 1.81. The first-order chi connectivity index (χ1) is 12.8. The molecule has 0 aliphatic carbocycles. The number of piperazine rings is 1. The van der Waals surface area contributed by atoms with Gasteiger partial charge in [-0.2, -0.15) is 0 Å². The fourth-order valence-electron chi connectivity index (χ4n) is 2.93. The monoisotopic (exact) mass is 374 g/mol. The van der Waals surface area contributed by atoms with E-state index in [0.29, 0.717) is 13.2 Å². The van der Waals surface area contributed by atoms with Crippen molar-refractivity contribution in [2.24, 2.45) is 0 Å². The van der Waals surface area contributed by atoms with E-state index in [1.165, 1.54) is 4.88 Å². The van der Waals surface area contributed by atoms with E-state index in [-0.39, 0.29) is 12.5 Å². The van der Waals surface area contributed by atoms with E-state index < -0.39 is 0 Å². The molecule has 6 heteroatoms. The van der Waals surface area contributed by atoms with E-state index in [9.17, 15) is 4.79 Å². The van der Waals surface area contributed by atoms with Crippen molar-refractivity contribution in [1.82, 2.24) is 9.80 Å². The molecule has 0 bridgehead atoms. The Bertz CT molecular complexity index is 640. The maximum Gasteiger partial charge on any atom is 0.248 e. The molecule has 0 unspecified atom stereocenters. The van der Waals surface area contributed by atoms with Crippen molar-refractivity contribution >= 4 is 17.2 Å². The van der Waals surface area contributed by atoms with Crippen LogP contribution in [0.4, 0.5) is 0 Å². The van der Waals surface area contributed by atoms with Gasteiger partial charge in [0.25, 0.3) is 0 Å². The van der Waals surface area contributed by atoms with E-state index >= 15 is 0 Å². The lowest BCUT2D eigenvalue weighted by molar-refractivity contribution is -0.138. The zero-order valence-corrected chi connectivity index (χ0v) is 15.8. The van der Waals surface area contributed by atoms with Gasteiger partial charge in [-0.3, -0.25) is 9.69 Å². The first kappa shape index (κ1) is 18.9. The molecule has 1 aromatic carbocycles. The van der Waals surface area contributed by atoms with E-state index in [0.717, 1.165) is 44.9 Å². The minimum Gasteiger partial charge on any atom is -0.491 e. The van der Waals surface area contributed by atoms with Gasteiger partial charge in [0.05, 0.1) is 6.61 Å². The molecule has 3 rings (SSSR count). The van der Waals surface area contributed by atoms with Crippen molar-refractivity contribution in [2.75, 3.05) is 52.5 Å². The zero-order chi connectivity index (χ0) is 18.0. The van der Waals surface area contributed by atoms with Crippen LogP contribution in [0.5, 0.6) is 5.75 Å². The first-order valence-corrected chi connectivity index (χ1v) is 9.97. The van der Waals surface area contributed by atoms with Crippen LogP contribution >= 0.6 is 11.3 Å². The minimum absolute atomic E-state index is 0.0719. The number of para-hydroxylation sites is 1. The van der Waals surface area contributed by atoms with Crippen LogP contribution in [-0.4, -0.2) is 68.3 Å². The number of thiophene rings is 1. The fourth-order valence-corrected chi connectivity index (χ4v) is 3.63. The summed E-state index contributed by atoms with van der Waals surface area (Å²) in [7, 11) is 0. The van der Waals surface area contributed by atoms with Crippen LogP contribution in [0.25, 0.3) is 0 Å². The van der Waals surface area contributed by atoms with Crippen LogP contribution in [0.1, 0.15) is 4.88 Å². The van der Waals surface area contributed by atoms with Gasteiger partial charge in [-0.1, -0.05) is 24.3 Å². The molecule has 0 atom stereocenters. The summed E-state index contributed by atoms with van der Waals surface area (Å²) in [6, 6.07) is 13.9. The molecular formula is C20H26N2O3S. The third-order valence-corrected chi connectivity index (χ3v) is 5.38. The van der Waals surface area contributed by atoms with Gasteiger partial charge in [-0.15, -0.1) is 11.3 Å². The molecule has 1 aliphatic rings. The number of amides is 1. The quantitative estimate of drug-likeness (QED) is 0.633. The molecule has 1 aromatic heterocycles. The Labute approximate surface area is 159 Å². The van der Waals surface area contributed by atoms with Gasteiger partial charge in [-0.05, 0) is 30.0 Å². The average Bonchev–Trinajstić information content (AvgIpc) is 3.21. The number of rotatable bonds is 9. The predicted octanol–water partition coefficient (Wildman–Crippen LogP) is 2.53. The van der Waals surface area contributed by atoms with Gasteiger partial charge < -0.3 is 14.4 Å². The number of carbonyl (C=O) groups excluding carboxylic acids is 1. The van der Waals surface area contributed by atoms with Crippen molar-refractivity contribution < 1.29 is 14.3 Å². The molecule has 2 aromatic rings. The van der Waals surface area contributed by atoms with Gasteiger partial charge in [0, 0.05) is 37.6 Å². The summed E-state index contributed by atoms with van der Waals surface area (Å²) in [5.74, 6) is 0.892.